The molecule has 0 radical (unpaired) electrons. The zero-order valence-corrected chi connectivity index (χ0v) is 11.3. The summed E-state index contributed by atoms with van der Waals surface area (Å²) in [5, 5.41) is 0. The molecule has 0 amide bonds. The van der Waals surface area contributed by atoms with Crippen LogP contribution in [0.1, 0.15) is 6.92 Å². The van der Waals surface area contributed by atoms with Gasteiger partial charge in [0, 0.05) is 3.57 Å². The molecule has 0 bridgehead atoms. The smallest absolute Gasteiger partial charge is 0.119 e. The average molecular weight is 324 g/mol. The molecule has 0 heterocycles. The minimum Gasteiger partial charge on any atom is -0.494 e. The zero-order chi connectivity index (χ0) is 11.4. The topological polar surface area (TPSA) is 9.23 Å². The number of ether oxygens (including phenoxy) is 1. The number of benzene rings is 2. The Morgan fingerprint density at radius 2 is 1.69 bits per heavy atom. The molecule has 0 saturated carbocycles. The molecule has 0 aliphatic rings. The van der Waals surface area contributed by atoms with E-state index in [1.807, 2.05) is 19.1 Å². The largest absolute Gasteiger partial charge is 0.494 e. The van der Waals surface area contributed by atoms with Crippen LogP contribution >= 0.6 is 22.6 Å². The second kappa shape index (κ2) is 5.34. The van der Waals surface area contributed by atoms with E-state index in [1.165, 1.54) is 14.7 Å². The van der Waals surface area contributed by atoms with Gasteiger partial charge in [0.2, 0.25) is 0 Å². The standard InChI is InChI=1S/C14H13IO/c1-2-16-12-9-7-11(8-10-12)13-5-3-4-6-14(13)15/h3-10H,2H2,1H3. The van der Waals surface area contributed by atoms with E-state index < -0.39 is 0 Å². The molecule has 0 unspecified atom stereocenters. The van der Waals surface area contributed by atoms with Gasteiger partial charge in [-0.3, -0.25) is 0 Å². The molecule has 1 nitrogen and oxygen atoms in total. The molecule has 0 aromatic heterocycles. The fraction of sp³-hybridized carbons (Fsp3) is 0.143. The van der Waals surface area contributed by atoms with Crippen molar-refractivity contribution >= 4 is 22.6 Å². The molecular formula is C14H13IO. The van der Waals surface area contributed by atoms with Crippen LogP contribution in [0.15, 0.2) is 48.5 Å². The van der Waals surface area contributed by atoms with Crippen LogP contribution < -0.4 is 4.74 Å². The Bertz CT molecular complexity index is 462. The van der Waals surface area contributed by atoms with Gasteiger partial charge in [-0.2, -0.15) is 0 Å². The van der Waals surface area contributed by atoms with Crippen LogP contribution in [0.4, 0.5) is 0 Å². The first-order valence-electron chi connectivity index (χ1n) is 5.29. The van der Waals surface area contributed by atoms with Gasteiger partial charge >= 0.3 is 0 Å². The maximum atomic E-state index is 5.43. The summed E-state index contributed by atoms with van der Waals surface area (Å²) in [5.74, 6) is 0.928. The zero-order valence-electron chi connectivity index (χ0n) is 9.11. The van der Waals surface area contributed by atoms with Gasteiger partial charge in [-0.1, -0.05) is 30.3 Å². The van der Waals surface area contributed by atoms with Gasteiger partial charge in [-0.15, -0.1) is 0 Å². The highest BCUT2D eigenvalue weighted by Crippen LogP contribution is 2.26. The SMILES string of the molecule is CCOc1ccc(-c2ccccc2I)cc1. The van der Waals surface area contributed by atoms with E-state index in [-0.39, 0.29) is 0 Å². The summed E-state index contributed by atoms with van der Waals surface area (Å²) in [4.78, 5) is 0. The highest BCUT2D eigenvalue weighted by molar-refractivity contribution is 14.1. The first-order valence-corrected chi connectivity index (χ1v) is 6.37. The monoisotopic (exact) mass is 324 g/mol. The van der Waals surface area contributed by atoms with Crippen LogP contribution in [0.2, 0.25) is 0 Å². The van der Waals surface area contributed by atoms with Crippen LogP contribution in [0.5, 0.6) is 5.75 Å². The van der Waals surface area contributed by atoms with Gasteiger partial charge in [-0.25, -0.2) is 0 Å². The predicted molar refractivity (Wildman–Crippen MR) is 75.8 cm³/mol. The van der Waals surface area contributed by atoms with Gasteiger partial charge in [0.1, 0.15) is 5.75 Å². The number of hydrogen-bond acceptors (Lipinski definition) is 1. The second-order valence-corrected chi connectivity index (χ2v) is 4.60. The summed E-state index contributed by atoms with van der Waals surface area (Å²) < 4.78 is 6.69. The summed E-state index contributed by atoms with van der Waals surface area (Å²) in [6.07, 6.45) is 0. The van der Waals surface area contributed by atoms with Crippen LogP contribution in [0, 0.1) is 3.57 Å². The van der Waals surface area contributed by atoms with E-state index in [0.717, 1.165) is 5.75 Å². The Balaban J connectivity index is 2.31. The van der Waals surface area contributed by atoms with Crippen molar-refractivity contribution in [2.24, 2.45) is 0 Å². The third kappa shape index (κ3) is 2.55. The van der Waals surface area contributed by atoms with Crippen molar-refractivity contribution in [1.29, 1.82) is 0 Å². The summed E-state index contributed by atoms with van der Waals surface area (Å²) in [5.41, 5.74) is 2.50. The van der Waals surface area contributed by atoms with E-state index in [2.05, 4.69) is 59.0 Å². The summed E-state index contributed by atoms with van der Waals surface area (Å²) in [6.45, 7) is 2.70. The molecule has 0 saturated heterocycles. The lowest BCUT2D eigenvalue weighted by atomic mass is 10.1. The molecule has 2 heteroatoms. The van der Waals surface area contributed by atoms with Crippen molar-refractivity contribution in [3.05, 3.63) is 52.1 Å². The Morgan fingerprint density at radius 1 is 1.00 bits per heavy atom. The van der Waals surface area contributed by atoms with Gasteiger partial charge in [0.25, 0.3) is 0 Å². The van der Waals surface area contributed by atoms with Crippen molar-refractivity contribution in [2.75, 3.05) is 6.61 Å². The van der Waals surface area contributed by atoms with Gasteiger partial charge in [-0.05, 0) is 58.8 Å². The Kier molecular flexibility index (Phi) is 3.83. The lowest BCUT2D eigenvalue weighted by Crippen LogP contribution is -1.90. The summed E-state index contributed by atoms with van der Waals surface area (Å²) in [6, 6.07) is 16.6. The summed E-state index contributed by atoms with van der Waals surface area (Å²) >= 11 is 2.36. The maximum absolute atomic E-state index is 5.43. The fourth-order valence-corrected chi connectivity index (χ4v) is 2.29. The van der Waals surface area contributed by atoms with Crippen molar-refractivity contribution in [1.82, 2.24) is 0 Å². The van der Waals surface area contributed by atoms with E-state index in [9.17, 15) is 0 Å². The third-order valence-corrected chi connectivity index (χ3v) is 3.29. The highest BCUT2D eigenvalue weighted by Gasteiger charge is 2.01. The molecule has 0 aliphatic heterocycles. The van der Waals surface area contributed by atoms with E-state index in [0.29, 0.717) is 6.61 Å². The molecule has 0 spiro atoms. The second-order valence-electron chi connectivity index (χ2n) is 3.44. The molecule has 2 aromatic carbocycles. The van der Waals surface area contributed by atoms with Crippen LogP contribution in [-0.2, 0) is 0 Å². The molecule has 0 aliphatic carbocycles. The quantitative estimate of drug-likeness (QED) is 0.763. The van der Waals surface area contributed by atoms with Gasteiger partial charge in [0.15, 0.2) is 0 Å². The number of hydrogen-bond donors (Lipinski definition) is 0. The first-order chi connectivity index (χ1) is 7.81. The molecule has 16 heavy (non-hydrogen) atoms. The lowest BCUT2D eigenvalue weighted by molar-refractivity contribution is 0.340. The van der Waals surface area contributed by atoms with Crippen LogP contribution in [-0.4, -0.2) is 6.61 Å². The number of rotatable bonds is 3. The first kappa shape index (κ1) is 11.5. The molecule has 2 rings (SSSR count). The third-order valence-electron chi connectivity index (χ3n) is 2.35. The van der Waals surface area contributed by atoms with Crippen LogP contribution in [0.3, 0.4) is 0 Å². The molecule has 0 atom stereocenters. The highest BCUT2D eigenvalue weighted by atomic mass is 127. The Hall–Kier alpha value is -1.03. The van der Waals surface area contributed by atoms with E-state index >= 15 is 0 Å². The molecular weight excluding hydrogens is 311 g/mol. The Labute approximate surface area is 110 Å². The molecule has 0 N–H and O–H groups in total. The van der Waals surface area contributed by atoms with E-state index in [1.54, 1.807) is 0 Å². The van der Waals surface area contributed by atoms with Crippen LogP contribution in [0.25, 0.3) is 11.1 Å². The Morgan fingerprint density at radius 3 is 2.31 bits per heavy atom. The van der Waals surface area contributed by atoms with Crippen molar-refractivity contribution < 1.29 is 4.74 Å². The number of halogens is 1. The lowest BCUT2D eigenvalue weighted by Gasteiger charge is -2.06. The summed E-state index contributed by atoms with van der Waals surface area (Å²) in [7, 11) is 0. The van der Waals surface area contributed by atoms with Gasteiger partial charge < -0.3 is 4.74 Å². The fourth-order valence-electron chi connectivity index (χ4n) is 1.59. The average Bonchev–Trinajstić information content (AvgIpc) is 2.31. The minimum absolute atomic E-state index is 0.711. The molecule has 2 aromatic rings. The van der Waals surface area contributed by atoms with E-state index in [4.69, 9.17) is 4.74 Å². The van der Waals surface area contributed by atoms with Crippen molar-refractivity contribution in [3.8, 4) is 16.9 Å². The van der Waals surface area contributed by atoms with Gasteiger partial charge in [0.05, 0.1) is 6.61 Å². The van der Waals surface area contributed by atoms with Crippen molar-refractivity contribution in [2.45, 2.75) is 6.92 Å². The maximum Gasteiger partial charge on any atom is 0.119 e. The molecule has 0 fully saturated rings. The van der Waals surface area contributed by atoms with Crippen molar-refractivity contribution in [3.63, 3.8) is 0 Å². The minimum atomic E-state index is 0.711. The predicted octanol–water partition coefficient (Wildman–Crippen LogP) is 4.36. The normalized spacial score (nSPS) is 10.1. The molecule has 82 valence electrons.